The molecule has 0 aliphatic rings. The zero-order valence-corrected chi connectivity index (χ0v) is 10.4. The van der Waals surface area contributed by atoms with Crippen LogP contribution in [0.2, 0.25) is 0 Å². The normalized spacial score (nSPS) is 10.2. The Bertz CT molecular complexity index is 509. The summed E-state index contributed by atoms with van der Waals surface area (Å²) >= 11 is 0. The number of nitro groups is 1. The van der Waals surface area contributed by atoms with E-state index in [1.54, 1.807) is 13.8 Å². The van der Waals surface area contributed by atoms with E-state index in [4.69, 9.17) is 0 Å². The van der Waals surface area contributed by atoms with Crippen LogP contribution in [0.5, 0.6) is 0 Å². The minimum atomic E-state index is -0.623. The van der Waals surface area contributed by atoms with Crippen molar-refractivity contribution in [1.29, 1.82) is 0 Å². The number of benzene rings is 1. The third-order valence-corrected chi connectivity index (χ3v) is 2.31. The fourth-order valence-corrected chi connectivity index (χ4v) is 1.46. The summed E-state index contributed by atoms with van der Waals surface area (Å²) in [5.41, 5.74) is 0.0790. The van der Waals surface area contributed by atoms with E-state index in [9.17, 15) is 19.7 Å². The van der Waals surface area contributed by atoms with Gasteiger partial charge < -0.3 is 5.32 Å². The Labute approximate surface area is 104 Å². The zero-order valence-electron chi connectivity index (χ0n) is 10.4. The van der Waals surface area contributed by atoms with Gasteiger partial charge >= 0.3 is 0 Å². The van der Waals surface area contributed by atoms with Crippen molar-refractivity contribution in [2.75, 3.05) is 5.32 Å². The maximum atomic E-state index is 11.7. The summed E-state index contributed by atoms with van der Waals surface area (Å²) in [7, 11) is 0. The van der Waals surface area contributed by atoms with E-state index in [1.807, 2.05) is 0 Å². The molecule has 96 valence electrons. The second kappa shape index (κ2) is 5.39. The highest BCUT2D eigenvalue weighted by atomic mass is 16.6. The summed E-state index contributed by atoms with van der Waals surface area (Å²) in [5.74, 6) is -0.815. The topological polar surface area (TPSA) is 89.3 Å². The summed E-state index contributed by atoms with van der Waals surface area (Å²) in [6.07, 6.45) is 0. The third-order valence-electron chi connectivity index (χ3n) is 2.31. The Morgan fingerprint density at radius 3 is 2.39 bits per heavy atom. The average Bonchev–Trinajstić information content (AvgIpc) is 2.27. The lowest BCUT2D eigenvalue weighted by Gasteiger charge is -2.07. The third kappa shape index (κ3) is 3.13. The monoisotopic (exact) mass is 250 g/mol. The Balaban J connectivity index is 3.23. The number of rotatable bonds is 4. The molecule has 1 rings (SSSR count). The molecule has 0 atom stereocenters. The standard InChI is InChI=1S/C12H14N2O4/c1-7(2)12(16)9-4-5-10(13-8(3)15)11(6-9)14(17)18/h4-7H,1-3H3,(H,13,15). The summed E-state index contributed by atoms with van der Waals surface area (Å²) in [4.78, 5) is 32.9. The molecule has 0 aromatic heterocycles. The number of anilines is 1. The van der Waals surface area contributed by atoms with Gasteiger partial charge in [0.05, 0.1) is 4.92 Å². The second-order valence-corrected chi connectivity index (χ2v) is 4.19. The molecular weight excluding hydrogens is 236 g/mol. The van der Waals surface area contributed by atoms with Gasteiger partial charge in [-0.3, -0.25) is 19.7 Å². The highest BCUT2D eigenvalue weighted by Gasteiger charge is 2.19. The van der Waals surface area contributed by atoms with Crippen molar-refractivity contribution in [1.82, 2.24) is 0 Å². The fourth-order valence-electron chi connectivity index (χ4n) is 1.46. The molecule has 6 heteroatoms. The Kier molecular flexibility index (Phi) is 4.14. The van der Waals surface area contributed by atoms with E-state index < -0.39 is 10.8 Å². The number of carbonyl (C=O) groups excluding carboxylic acids is 2. The second-order valence-electron chi connectivity index (χ2n) is 4.19. The number of hydrogen-bond acceptors (Lipinski definition) is 4. The number of nitro benzene ring substituents is 1. The number of nitrogens with one attached hydrogen (secondary N) is 1. The number of hydrogen-bond donors (Lipinski definition) is 1. The highest BCUT2D eigenvalue weighted by molar-refractivity contribution is 5.99. The summed E-state index contributed by atoms with van der Waals surface area (Å²) < 4.78 is 0. The van der Waals surface area contributed by atoms with E-state index in [1.165, 1.54) is 25.1 Å². The highest BCUT2D eigenvalue weighted by Crippen LogP contribution is 2.26. The first kappa shape index (κ1) is 13.8. The van der Waals surface area contributed by atoms with Gasteiger partial charge in [0, 0.05) is 24.5 Å². The lowest BCUT2D eigenvalue weighted by molar-refractivity contribution is -0.384. The first-order valence-corrected chi connectivity index (χ1v) is 5.43. The van der Waals surface area contributed by atoms with Crippen molar-refractivity contribution in [3.63, 3.8) is 0 Å². The molecule has 18 heavy (non-hydrogen) atoms. The molecule has 0 unspecified atom stereocenters. The van der Waals surface area contributed by atoms with Crippen LogP contribution < -0.4 is 5.32 Å². The van der Waals surface area contributed by atoms with Gasteiger partial charge in [0.15, 0.2) is 5.78 Å². The molecule has 1 N–H and O–H groups in total. The first-order chi connectivity index (χ1) is 8.32. The van der Waals surface area contributed by atoms with Crippen LogP contribution in [0.15, 0.2) is 18.2 Å². The predicted octanol–water partition coefficient (Wildman–Crippen LogP) is 2.39. The lowest BCUT2D eigenvalue weighted by atomic mass is 10.0. The van der Waals surface area contributed by atoms with Gasteiger partial charge in [0.1, 0.15) is 5.69 Å². The van der Waals surface area contributed by atoms with Crippen molar-refractivity contribution in [2.24, 2.45) is 5.92 Å². The number of amides is 1. The SMILES string of the molecule is CC(=O)Nc1ccc(C(=O)C(C)C)cc1[N+](=O)[O-]. The number of carbonyl (C=O) groups is 2. The summed E-state index contributed by atoms with van der Waals surface area (Å²) in [6, 6.07) is 4.03. The molecule has 1 amide bonds. The molecular formula is C12H14N2O4. The van der Waals surface area contributed by atoms with Crippen molar-refractivity contribution < 1.29 is 14.5 Å². The van der Waals surface area contributed by atoms with Crippen molar-refractivity contribution in [3.8, 4) is 0 Å². The van der Waals surface area contributed by atoms with E-state index in [2.05, 4.69) is 5.32 Å². The quantitative estimate of drug-likeness (QED) is 0.504. The van der Waals surface area contributed by atoms with Crippen LogP contribution in [-0.2, 0) is 4.79 Å². The number of nitrogens with zero attached hydrogens (tertiary/aromatic N) is 1. The van der Waals surface area contributed by atoms with Gasteiger partial charge in [-0.15, -0.1) is 0 Å². The van der Waals surface area contributed by atoms with Crippen LogP contribution in [-0.4, -0.2) is 16.6 Å². The number of ketones is 1. The predicted molar refractivity (Wildman–Crippen MR) is 66.6 cm³/mol. The van der Waals surface area contributed by atoms with Crippen LogP contribution in [0.3, 0.4) is 0 Å². The smallest absolute Gasteiger partial charge is 0.293 e. The zero-order chi connectivity index (χ0) is 13.9. The maximum Gasteiger partial charge on any atom is 0.293 e. The molecule has 0 saturated carbocycles. The molecule has 0 aliphatic heterocycles. The van der Waals surface area contributed by atoms with E-state index in [-0.39, 0.29) is 28.6 Å². The fraction of sp³-hybridized carbons (Fsp3) is 0.333. The van der Waals surface area contributed by atoms with E-state index in [0.29, 0.717) is 0 Å². The lowest BCUT2D eigenvalue weighted by Crippen LogP contribution is -2.11. The maximum absolute atomic E-state index is 11.7. The average molecular weight is 250 g/mol. The van der Waals surface area contributed by atoms with Crippen molar-refractivity contribution in [3.05, 3.63) is 33.9 Å². The van der Waals surface area contributed by atoms with Crippen molar-refractivity contribution >= 4 is 23.1 Å². The van der Waals surface area contributed by atoms with Gasteiger partial charge in [-0.2, -0.15) is 0 Å². The Hall–Kier alpha value is -2.24. The van der Waals surface area contributed by atoms with Crippen LogP contribution in [0.4, 0.5) is 11.4 Å². The summed E-state index contributed by atoms with van der Waals surface area (Å²) in [6.45, 7) is 4.70. The molecule has 0 radical (unpaired) electrons. The molecule has 0 heterocycles. The van der Waals surface area contributed by atoms with Crippen LogP contribution >= 0.6 is 0 Å². The molecule has 6 nitrogen and oxygen atoms in total. The molecule has 0 spiro atoms. The Morgan fingerprint density at radius 1 is 1.33 bits per heavy atom. The van der Waals surface area contributed by atoms with Crippen molar-refractivity contribution in [2.45, 2.75) is 20.8 Å². The van der Waals surface area contributed by atoms with E-state index in [0.717, 1.165) is 0 Å². The molecule has 0 fully saturated rings. The molecule has 1 aromatic carbocycles. The van der Waals surface area contributed by atoms with E-state index >= 15 is 0 Å². The minimum Gasteiger partial charge on any atom is -0.321 e. The van der Waals surface area contributed by atoms with Gasteiger partial charge in [0.2, 0.25) is 5.91 Å². The minimum absolute atomic E-state index is 0.0906. The molecule has 0 aliphatic carbocycles. The molecule has 0 saturated heterocycles. The summed E-state index contributed by atoms with van der Waals surface area (Å²) in [5, 5.41) is 13.2. The van der Waals surface area contributed by atoms with Gasteiger partial charge in [-0.05, 0) is 12.1 Å². The van der Waals surface area contributed by atoms with Crippen LogP contribution in [0, 0.1) is 16.0 Å². The van der Waals surface area contributed by atoms with Crippen LogP contribution in [0.1, 0.15) is 31.1 Å². The number of Topliss-reactive ketones (excluding diaryl/α,β-unsaturated/α-hetero) is 1. The van der Waals surface area contributed by atoms with Gasteiger partial charge in [0.25, 0.3) is 5.69 Å². The molecule has 1 aromatic rings. The molecule has 0 bridgehead atoms. The largest absolute Gasteiger partial charge is 0.321 e. The van der Waals surface area contributed by atoms with Crippen LogP contribution in [0.25, 0.3) is 0 Å². The van der Waals surface area contributed by atoms with Gasteiger partial charge in [-0.25, -0.2) is 0 Å². The van der Waals surface area contributed by atoms with Gasteiger partial charge in [-0.1, -0.05) is 13.8 Å². The first-order valence-electron chi connectivity index (χ1n) is 5.43. The Morgan fingerprint density at radius 2 is 1.94 bits per heavy atom.